The summed E-state index contributed by atoms with van der Waals surface area (Å²) in [7, 11) is -3.40. The van der Waals surface area contributed by atoms with Crippen LogP contribution in [0.1, 0.15) is 31.5 Å². The van der Waals surface area contributed by atoms with Crippen molar-refractivity contribution in [2.75, 3.05) is 11.6 Å². The van der Waals surface area contributed by atoms with E-state index in [4.69, 9.17) is 11.6 Å². The third kappa shape index (κ3) is 4.06. The Morgan fingerprint density at radius 1 is 1.34 bits per heavy atom. The smallest absolute Gasteiger partial charge is 0.301 e. The molecule has 12 heteroatoms. The Labute approximate surface area is 171 Å². The van der Waals surface area contributed by atoms with Crippen molar-refractivity contribution >= 4 is 38.6 Å². The van der Waals surface area contributed by atoms with E-state index in [1.165, 1.54) is 18.7 Å². The molecule has 4 rings (SSSR count). The highest BCUT2D eigenvalue weighted by Crippen LogP contribution is 2.39. The summed E-state index contributed by atoms with van der Waals surface area (Å²) >= 11 is 5.93. The first-order chi connectivity index (χ1) is 13.7. The summed E-state index contributed by atoms with van der Waals surface area (Å²) in [5.41, 5.74) is 1.13. The van der Waals surface area contributed by atoms with Crippen molar-refractivity contribution in [1.82, 2.24) is 24.5 Å². The molecule has 1 fully saturated rings. The molecule has 3 aromatic heterocycles. The van der Waals surface area contributed by atoms with Gasteiger partial charge in [0, 0.05) is 12.1 Å². The van der Waals surface area contributed by atoms with Gasteiger partial charge in [-0.2, -0.15) is 13.4 Å². The summed E-state index contributed by atoms with van der Waals surface area (Å²) in [5.74, 6) is 0.569. The second-order valence-electron chi connectivity index (χ2n) is 7.06. The number of nitrogens with one attached hydrogen (secondary N) is 1. The quantitative estimate of drug-likeness (QED) is 0.446. The summed E-state index contributed by atoms with van der Waals surface area (Å²) in [6.07, 6.45) is 7.31. The molecule has 0 aliphatic heterocycles. The van der Waals surface area contributed by atoms with Crippen molar-refractivity contribution in [3.63, 3.8) is 0 Å². The Balaban J connectivity index is 1.68. The lowest BCUT2D eigenvalue weighted by Crippen LogP contribution is -2.41. The number of hydrogen-bond acceptors (Lipinski definition) is 8. The van der Waals surface area contributed by atoms with Gasteiger partial charge in [-0.15, -0.1) is 3.97 Å². The fourth-order valence-corrected chi connectivity index (χ4v) is 3.74. The van der Waals surface area contributed by atoms with Gasteiger partial charge in [-0.25, -0.2) is 9.97 Å². The fraction of sp³-hybridized carbons (Fsp3) is 0.412. The van der Waals surface area contributed by atoms with E-state index in [0.29, 0.717) is 22.8 Å². The molecule has 0 aromatic carbocycles. The van der Waals surface area contributed by atoms with Crippen LogP contribution < -0.4 is 14.8 Å². The van der Waals surface area contributed by atoms with Gasteiger partial charge < -0.3 is 5.32 Å². The number of rotatable bonds is 6. The first kappa shape index (κ1) is 19.6. The van der Waals surface area contributed by atoms with Gasteiger partial charge in [0.15, 0.2) is 17.2 Å². The largest absolute Gasteiger partial charge is 0.357 e. The van der Waals surface area contributed by atoms with Crippen LogP contribution in [-0.2, 0) is 16.6 Å². The van der Waals surface area contributed by atoms with Crippen LogP contribution in [0.3, 0.4) is 0 Å². The number of fused-ring (bicyclic) bond motifs is 1. The molecule has 29 heavy (non-hydrogen) atoms. The van der Waals surface area contributed by atoms with Crippen molar-refractivity contribution < 1.29 is 12.4 Å². The summed E-state index contributed by atoms with van der Waals surface area (Å²) in [5, 5.41) is 3.05. The minimum absolute atomic E-state index is 0.0388. The van der Waals surface area contributed by atoms with E-state index < -0.39 is 10.0 Å². The SMILES string of the molecule is C[C@@H](C1CC1)n1c(=O)c(NCc2cc[n+](S(C)(=O)=O)cn2)nc2cnc(Cl)nc21. The van der Waals surface area contributed by atoms with Crippen molar-refractivity contribution in [2.45, 2.75) is 32.4 Å². The lowest BCUT2D eigenvalue weighted by Gasteiger charge is -2.17. The van der Waals surface area contributed by atoms with E-state index in [1.807, 2.05) is 6.92 Å². The second kappa shape index (κ2) is 7.30. The predicted octanol–water partition coefficient (Wildman–Crippen LogP) is 0.913. The predicted molar refractivity (Wildman–Crippen MR) is 106 cm³/mol. The van der Waals surface area contributed by atoms with E-state index in [0.717, 1.165) is 23.1 Å². The van der Waals surface area contributed by atoms with E-state index in [2.05, 4.69) is 25.3 Å². The van der Waals surface area contributed by atoms with Gasteiger partial charge >= 0.3 is 16.4 Å². The Bertz CT molecular complexity index is 1240. The topological polar surface area (TPSA) is 124 Å². The van der Waals surface area contributed by atoms with Gasteiger partial charge in [-0.1, -0.05) is 4.98 Å². The molecule has 0 spiro atoms. The highest BCUT2D eigenvalue weighted by Gasteiger charge is 2.31. The summed E-state index contributed by atoms with van der Waals surface area (Å²) in [4.78, 5) is 29.7. The molecule has 10 nitrogen and oxygen atoms in total. The number of hydrogen-bond donors (Lipinski definition) is 1. The molecule has 1 N–H and O–H groups in total. The number of anilines is 1. The van der Waals surface area contributed by atoms with Crippen LogP contribution in [0, 0.1) is 5.92 Å². The molecular formula is C17H19ClN7O3S+. The lowest BCUT2D eigenvalue weighted by atomic mass is 10.2. The standard InChI is InChI=1S/C17H19ClN7O3S/c1-10(11-3-4-11)25-15-13(8-20-17(18)23-15)22-14(16(25)26)19-7-12-5-6-24(9-21-12)29(2,27)28/h5-6,8-11H,3-4,7H2,1-2H3,(H,19,22)/q+1/t10-/m0/s1. The molecule has 1 aliphatic rings. The Morgan fingerprint density at radius 2 is 2.10 bits per heavy atom. The van der Waals surface area contributed by atoms with E-state index in [9.17, 15) is 13.2 Å². The average molecular weight is 437 g/mol. The van der Waals surface area contributed by atoms with Crippen LogP contribution in [0.5, 0.6) is 0 Å². The van der Waals surface area contributed by atoms with Crippen LogP contribution in [0.25, 0.3) is 11.2 Å². The van der Waals surface area contributed by atoms with Crippen LogP contribution in [0.2, 0.25) is 5.28 Å². The Hall–Kier alpha value is -2.66. The normalized spacial score (nSPS) is 15.4. The number of aromatic nitrogens is 6. The molecule has 3 heterocycles. The molecule has 1 saturated carbocycles. The minimum Gasteiger partial charge on any atom is -0.357 e. The minimum atomic E-state index is -3.40. The average Bonchev–Trinajstić information content (AvgIpc) is 3.51. The van der Waals surface area contributed by atoms with E-state index >= 15 is 0 Å². The molecule has 0 unspecified atom stereocenters. The van der Waals surface area contributed by atoms with Gasteiger partial charge in [0.05, 0.1) is 19.0 Å². The third-order valence-corrected chi connectivity index (χ3v) is 6.05. The first-order valence-electron chi connectivity index (χ1n) is 8.99. The molecule has 0 bridgehead atoms. The molecule has 0 amide bonds. The number of nitrogens with zero attached hydrogens (tertiary/aromatic N) is 6. The van der Waals surface area contributed by atoms with Crippen molar-refractivity contribution in [3.05, 3.63) is 46.1 Å². The molecule has 0 radical (unpaired) electrons. The molecule has 152 valence electrons. The van der Waals surface area contributed by atoms with Gasteiger partial charge in [-0.05, 0) is 37.3 Å². The van der Waals surface area contributed by atoms with Crippen LogP contribution in [0.4, 0.5) is 5.82 Å². The Morgan fingerprint density at radius 3 is 2.72 bits per heavy atom. The van der Waals surface area contributed by atoms with E-state index in [-0.39, 0.29) is 29.2 Å². The Kier molecular flexibility index (Phi) is 4.95. The monoisotopic (exact) mass is 436 g/mol. The maximum absolute atomic E-state index is 13.1. The molecular weight excluding hydrogens is 418 g/mol. The lowest BCUT2D eigenvalue weighted by molar-refractivity contribution is -0.514. The van der Waals surface area contributed by atoms with Gasteiger partial charge in [-0.3, -0.25) is 9.36 Å². The number of halogens is 1. The maximum Gasteiger partial charge on any atom is 0.301 e. The van der Waals surface area contributed by atoms with Crippen LogP contribution in [0.15, 0.2) is 29.6 Å². The van der Waals surface area contributed by atoms with Crippen molar-refractivity contribution in [1.29, 1.82) is 0 Å². The van der Waals surface area contributed by atoms with Crippen molar-refractivity contribution in [3.8, 4) is 0 Å². The first-order valence-corrected chi connectivity index (χ1v) is 11.2. The zero-order valence-corrected chi connectivity index (χ0v) is 17.4. The molecule has 1 atom stereocenters. The molecule has 3 aromatic rings. The summed E-state index contributed by atoms with van der Waals surface area (Å²) < 4.78 is 25.6. The highest BCUT2D eigenvalue weighted by atomic mass is 35.5. The molecule has 1 aliphatic carbocycles. The zero-order valence-electron chi connectivity index (χ0n) is 15.8. The van der Waals surface area contributed by atoms with Gasteiger partial charge in [0.1, 0.15) is 11.7 Å². The molecule has 0 saturated heterocycles. The van der Waals surface area contributed by atoms with Crippen molar-refractivity contribution in [2.24, 2.45) is 5.92 Å². The second-order valence-corrected chi connectivity index (χ2v) is 9.29. The van der Waals surface area contributed by atoms with Crippen LogP contribution >= 0.6 is 11.6 Å². The third-order valence-electron chi connectivity index (χ3n) is 4.89. The van der Waals surface area contributed by atoms with Gasteiger partial charge in [0.2, 0.25) is 5.28 Å². The van der Waals surface area contributed by atoms with E-state index in [1.54, 1.807) is 10.6 Å². The summed E-state index contributed by atoms with van der Waals surface area (Å²) in [6.45, 7) is 2.19. The van der Waals surface area contributed by atoms with Crippen LogP contribution in [-0.4, -0.2) is 39.2 Å². The summed E-state index contributed by atoms with van der Waals surface area (Å²) in [6, 6.07) is 1.52. The fourth-order valence-electron chi connectivity index (χ4n) is 3.11. The highest BCUT2D eigenvalue weighted by molar-refractivity contribution is 7.84. The maximum atomic E-state index is 13.1. The zero-order chi connectivity index (χ0) is 20.8. The van der Waals surface area contributed by atoms with Gasteiger partial charge in [0.25, 0.3) is 5.56 Å².